The number of halogens is 1. The highest BCUT2D eigenvalue weighted by Crippen LogP contribution is 2.28. The largest absolute Gasteiger partial charge is 0.461 e. The zero-order valence-corrected chi connectivity index (χ0v) is 15.5. The van der Waals surface area contributed by atoms with Gasteiger partial charge >= 0.3 is 5.97 Å². The second-order valence-electron chi connectivity index (χ2n) is 5.63. The van der Waals surface area contributed by atoms with Gasteiger partial charge in [0.2, 0.25) is 11.8 Å². The summed E-state index contributed by atoms with van der Waals surface area (Å²) in [6, 6.07) is 6.94. The Hall–Kier alpha value is -2.45. The molecule has 2 heterocycles. The van der Waals surface area contributed by atoms with Gasteiger partial charge in [0.1, 0.15) is 0 Å². The van der Waals surface area contributed by atoms with Crippen molar-refractivity contribution in [1.29, 1.82) is 0 Å². The molecule has 9 heteroatoms. The molecule has 0 aliphatic carbocycles. The number of amides is 2. The van der Waals surface area contributed by atoms with E-state index in [1.165, 1.54) is 5.38 Å². The second kappa shape index (κ2) is 7.84. The summed E-state index contributed by atoms with van der Waals surface area (Å²) < 4.78 is 4.86. The molecular formula is C17H16ClN3O4S. The third-order valence-corrected chi connectivity index (χ3v) is 4.83. The number of hydrogen-bond donors (Lipinski definition) is 1. The number of carbonyl (C=O) groups excluding carboxylic acids is 3. The van der Waals surface area contributed by atoms with E-state index in [0.29, 0.717) is 15.8 Å². The predicted molar refractivity (Wildman–Crippen MR) is 98.6 cm³/mol. The van der Waals surface area contributed by atoms with Crippen LogP contribution in [0.4, 0.5) is 10.8 Å². The summed E-state index contributed by atoms with van der Waals surface area (Å²) in [5.41, 5.74) is 0.812. The molecule has 0 unspecified atom stereocenters. The molecule has 1 atom stereocenters. The highest BCUT2D eigenvalue weighted by molar-refractivity contribution is 7.14. The SMILES string of the molecule is CCOC(=O)c1csc(NC(=O)[C@H]2CC(=O)N(c3cccc(Cl)c3)C2)n1. The van der Waals surface area contributed by atoms with Crippen molar-refractivity contribution in [2.24, 2.45) is 5.92 Å². The summed E-state index contributed by atoms with van der Waals surface area (Å²) in [6.07, 6.45) is 0.106. The number of aromatic nitrogens is 1. The van der Waals surface area contributed by atoms with Crippen molar-refractivity contribution in [2.75, 3.05) is 23.4 Å². The number of rotatable bonds is 5. The Labute approximate surface area is 158 Å². The summed E-state index contributed by atoms with van der Waals surface area (Å²) in [5.74, 6) is -1.49. The fourth-order valence-corrected chi connectivity index (χ4v) is 3.48. The number of hydrogen-bond acceptors (Lipinski definition) is 6. The first-order valence-corrected chi connectivity index (χ1v) is 9.23. The number of nitrogens with zero attached hydrogens (tertiary/aromatic N) is 2. The Morgan fingerprint density at radius 2 is 2.27 bits per heavy atom. The molecule has 0 spiro atoms. The van der Waals surface area contributed by atoms with Gasteiger partial charge in [-0.3, -0.25) is 9.59 Å². The molecule has 1 aliphatic heterocycles. The smallest absolute Gasteiger partial charge is 0.357 e. The van der Waals surface area contributed by atoms with Crippen molar-refractivity contribution in [3.05, 3.63) is 40.4 Å². The standard InChI is InChI=1S/C17H16ClN3O4S/c1-2-25-16(24)13-9-26-17(19-13)20-15(23)10-6-14(22)21(8-10)12-5-3-4-11(18)7-12/h3-5,7,9-10H,2,6,8H2,1H3,(H,19,20,23)/t10-/m0/s1. The minimum Gasteiger partial charge on any atom is -0.461 e. The van der Waals surface area contributed by atoms with E-state index in [2.05, 4.69) is 10.3 Å². The van der Waals surface area contributed by atoms with Crippen molar-refractivity contribution in [3.8, 4) is 0 Å². The van der Waals surface area contributed by atoms with Crippen LogP contribution in [0.5, 0.6) is 0 Å². The molecule has 1 N–H and O–H groups in total. The number of benzene rings is 1. The number of carbonyl (C=O) groups is 3. The van der Waals surface area contributed by atoms with Crippen LogP contribution in [0.3, 0.4) is 0 Å². The molecule has 2 aromatic rings. The molecule has 1 saturated heterocycles. The van der Waals surface area contributed by atoms with Crippen LogP contribution in [-0.4, -0.2) is 35.9 Å². The number of esters is 1. The number of ether oxygens (including phenoxy) is 1. The van der Waals surface area contributed by atoms with Crippen LogP contribution in [0, 0.1) is 5.92 Å². The molecule has 136 valence electrons. The molecule has 1 aromatic carbocycles. The summed E-state index contributed by atoms with van der Waals surface area (Å²) >= 11 is 7.10. The molecule has 0 radical (unpaired) electrons. The van der Waals surface area contributed by atoms with Gasteiger partial charge < -0.3 is 15.0 Å². The number of thiazole rings is 1. The zero-order valence-electron chi connectivity index (χ0n) is 13.9. The Balaban J connectivity index is 1.64. The molecule has 1 fully saturated rings. The average Bonchev–Trinajstić information content (AvgIpc) is 3.22. The van der Waals surface area contributed by atoms with Gasteiger partial charge in [0.05, 0.1) is 12.5 Å². The first kappa shape index (κ1) is 18.3. The second-order valence-corrected chi connectivity index (χ2v) is 6.93. The molecule has 26 heavy (non-hydrogen) atoms. The minimum atomic E-state index is -0.535. The molecule has 1 aliphatic rings. The maximum absolute atomic E-state index is 12.4. The van der Waals surface area contributed by atoms with Gasteiger partial charge in [0, 0.05) is 29.1 Å². The van der Waals surface area contributed by atoms with E-state index >= 15 is 0 Å². The predicted octanol–water partition coefficient (Wildman–Crippen LogP) is 2.96. The minimum absolute atomic E-state index is 0.106. The molecule has 2 amide bonds. The van der Waals surface area contributed by atoms with E-state index < -0.39 is 11.9 Å². The highest BCUT2D eigenvalue weighted by atomic mass is 35.5. The Kier molecular flexibility index (Phi) is 5.53. The van der Waals surface area contributed by atoms with E-state index in [0.717, 1.165) is 11.3 Å². The number of anilines is 2. The van der Waals surface area contributed by atoms with Gasteiger partial charge in [-0.15, -0.1) is 11.3 Å². The van der Waals surface area contributed by atoms with Crippen LogP contribution in [-0.2, 0) is 14.3 Å². The van der Waals surface area contributed by atoms with Gasteiger partial charge in [-0.1, -0.05) is 17.7 Å². The summed E-state index contributed by atoms with van der Waals surface area (Å²) in [6.45, 7) is 2.22. The van der Waals surface area contributed by atoms with Crippen molar-refractivity contribution < 1.29 is 19.1 Å². The first-order chi connectivity index (χ1) is 12.5. The van der Waals surface area contributed by atoms with Crippen LogP contribution >= 0.6 is 22.9 Å². The lowest BCUT2D eigenvalue weighted by molar-refractivity contribution is -0.122. The van der Waals surface area contributed by atoms with E-state index in [9.17, 15) is 14.4 Å². The van der Waals surface area contributed by atoms with E-state index in [1.54, 1.807) is 36.1 Å². The van der Waals surface area contributed by atoms with Crippen LogP contribution in [0.2, 0.25) is 5.02 Å². The van der Waals surface area contributed by atoms with Gasteiger partial charge in [-0.05, 0) is 25.1 Å². The van der Waals surface area contributed by atoms with E-state index in [1.807, 2.05) is 0 Å². The maximum atomic E-state index is 12.4. The molecule has 0 saturated carbocycles. The lowest BCUT2D eigenvalue weighted by atomic mass is 10.1. The third-order valence-electron chi connectivity index (χ3n) is 3.83. The highest BCUT2D eigenvalue weighted by Gasteiger charge is 2.35. The third kappa shape index (κ3) is 4.03. The van der Waals surface area contributed by atoms with Gasteiger partial charge in [-0.2, -0.15) is 0 Å². The quantitative estimate of drug-likeness (QED) is 0.789. The van der Waals surface area contributed by atoms with Crippen molar-refractivity contribution >= 4 is 51.5 Å². The van der Waals surface area contributed by atoms with Gasteiger partial charge in [0.25, 0.3) is 0 Å². The topological polar surface area (TPSA) is 88.6 Å². The summed E-state index contributed by atoms with van der Waals surface area (Å²) in [7, 11) is 0. The summed E-state index contributed by atoms with van der Waals surface area (Å²) in [4.78, 5) is 41.9. The van der Waals surface area contributed by atoms with E-state index in [-0.39, 0.29) is 37.1 Å². The Bertz CT molecular complexity index is 854. The zero-order chi connectivity index (χ0) is 18.7. The molecule has 3 rings (SSSR count). The van der Waals surface area contributed by atoms with Gasteiger partial charge in [0.15, 0.2) is 10.8 Å². The van der Waals surface area contributed by atoms with Crippen molar-refractivity contribution in [2.45, 2.75) is 13.3 Å². The lowest BCUT2D eigenvalue weighted by Crippen LogP contribution is -2.28. The molecule has 1 aromatic heterocycles. The van der Waals surface area contributed by atoms with Crippen molar-refractivity contribution in [1.82, 2.24) is 4.98 Å². The molecule has 0 bridgehead atoms. The maximum Gasteiger partial charge on any atom is 0.357 e. The number of nitrogens with one attached hydrogen (secondary N) is 1. The molecular weight excluding hydrogens is 378 g/mol. The normalized spacial score (nSPS) is 16.6. The average molecular weight is 394 g/mol. The Morgan fingerprint density at radius 3 is 3.00 bits per heavy atom. The fourth-order valence-electron chi connectivity index (χ4n) is 2.61. The molecule has 7 nitrogen and oxygen atoms in total. The van der Waals surface area contributed by atoms with Crippen molar-refractivity contribution in [3.63, 3.8) is 0 Å². The monoisotopic (exact) mass is 393 g/mol. The van der Waals surface area contributed by atoms with Crippen LogP contribution in [0.25, 0.3) is 0 Å². The lowest BCUT2D eigenvalue weighted by Gasteiger charge is -2.16. The van der Waals surface area contributed by atoms with Crippen LogP contribution in [0.15, 0.2) is 29.6 Å². The fraction of sp³-hybridized carbons (Fsp3) is 0.294. The first-order valence-electron chi connectivity index (χ1n) is 7.97. The van der Waals surface area contributed by atoms with Gasteiger partial charge in [-0.25, -0.2) is 9.78 Å². The van der Waals surface area contributed by atoms with Crippen LogP contribution in [0.1, 0.15) is 23.8 Å². The summed E-state index contributed by atoms with van der Waals surface area (Å²) in [5, 5.41) is 5.00. The van der Waals surface area contributed by atoms with E-state index in [4.69, 9.17) is 16.3 Å². The Morgan fingerprint density at radius 1 is 1.46 bits per heavy atom. The van der Waals surface area contributed by atoms with Crippen LogP contribution < -0.4 is 10.2 Å².